The number of carbonyl (C=O) groups is 1. The molecule has 1 saturated heterocycles. The van der Waals surface area contributed by atoms with Crippen LogP contribution in [-0.4, -0.2) is 35.7 Å². The molecule has 0 spiro atoms. The molecule has 4 heteroatoms. The molecule has 4 nitrogen and oxygen atoms in total. The van der Waals surface area contributed by atoms with Gasteiger partial charge in [-0.3, -0.25) is 0 Å². The largest absolute Gasteiger partial charge is 0.444 e. The van der Waals surface area contributed by atoms with Crippen molar-refractivity contribution in [3.63, 3.8) is 0 Å². The molecule has 1 N–H and O–H groups in total. The van der Waals surface area contributed by atoms with Crippen molar-refractivity contribution in [2.75, 3.05) is 13.1 Å². The summed E-state index contributed by atoms with van der Waals surface area (Å²) >= 11 is 0. The normalized spacial score (nSPS) is 16.6. The summed E-state index contributed by atoms with van der Waals surface area (Å²) in [5.41, 5.74) is 0.909. The van der Waals surface area contributed by atoms with E-state index in [0.717, 1.165) is 19.5 Å². The minimum Gasteiger partial charge on any atom is -0.444 e. The summed E-state index contributed by atoms with van der Waals surface area (Å²) < 4.78 is 5.42. The number of nitrogens with one attached hydrogen (secondary N) is 1. The van der Waals surface area contributed by atoms with E-state index in [1.54, 1.807) is 4.90 Å². The van der Waals surface area contributed by atoms with E-state index >= 15 is 0 Å². The maximum atomic E-state index is 12.0. The number of benzene rings is 1. The van der Waals surface area contributed by atoms with Gasteiger partial charge >= 0.3 is 6.09 Å². The first-order chi connectivity index (χ1) is 11.4. The number of hydrogen-bond donors (Lipinski definition) is 1. The maximum Gasteiger partial charge on any atom is 0.410 e. The lowest BCUT2D eigenvalue weighted by Crippen LogP contribution is -2.61. The van der Waals surface area contributed by atoms with Crippen LogP contribution in [0.3, 0.4) is 0 Å². The first kappa shape index (κ1) is 18.8. The van der Waals surface area contributed by atoms with Gasteiger partial charge in [0.25, 0.3) is 0 Å². The summed E-state index contributed by atoms with van der Waals surface area (Å²) in [6, 6.07) is 11.3. The van der Waals surface area contributed by atoms with Crippen molar-refractivity contribution in [3.05, 3.63) is 35.9 Å². The van der Waals surface area contributed by atoms with E-state index in [4.69, 9.17) is 4.74 Å². The number of rotatable bonds is 7. The van der Waals surface area contributed by atoms with Gasteiger partial charge in [0, 0.05) is 25.2 Å². The lowest BCUT2D eigenvalue weighted by atomic mass is 9.98. The van der Waals surface area contributed by atoms with Crippen molar-refractivity contribution in [1.82, 2.24) is 10.2 Å². The second kappa shape index (κ2) is 8.52. The molecule has 1 amide bonds. The van der Waals surface area contributed by atoms with Gasteiger partial charge in [-0.15, -0.1) is 0 Å². The zero-order valence-electron chi connectivity index (χ0n) is 15.5. The van der Waals surface area contributed by atoms with E-state index in [1.807, 2.05) is 20.8 Å². The fourth-order valence-electron chi connectivity index (χ4n) is 2.97. The van der Waals surface area contributed by atoms with Crippen molar-refractivity contribution in [2.24, 2.45) is 0 Å². The van der Waals surface area contributed by atoms with Crippen molar-refractivity contribution in [2.45, 2.75) is 71.1 Å². The SMILES string of the molecule is CCCCCC(NC1CN(C(=O)OC(C)(C)C)C1)c1ccccc1. The Morgan fingerprint density at radius 2 is 1.92 bits per heavy atom. The zero-order valence-corrected chi connectivity index (χ0v) is 15.5. The third kappa shape index (κ3) is 5.82. The van der Waals surface area contributed by atoms with Gasteiger partial charge in [-0.2, -0.15) is 0 Å². The number of ether oxygens (including phenoxy) is 1. The average molecular weight is 332 g/mol. The maximum absolute atomic E-state index is 12.0. The summed E-state index contributed by atoms with van der Waals surface area (Å²) in [6.45, 7) is 9.40. The first-order valence-electron chi connectivity index (χ1n) is 9.18. The summed E-state index contributed by atoms with van der Waals surface area (Å²) in [5.74, 6) is 0. The van der Waals surface area contributed by atoms with E-state index in [1.165, 1.54) is 24.8 Å². The molecule has 2 rings (SSSR count). The molecule has 1 aliphatic rings. The highest BCUT2D eigenvalue weighted by Crippen LogP contribution is 2.23. The van der Waals surface area contributed by atoms with Crippen molar-refractivity contribution in [1.29, 1.82) is 0 Å². The Morgan fingerprint density at radius 3 is 2.50 bits per heavy atom. The molecule has 0 bridgehead atoms. The quantitative estimate of drug-likeness (QED) is 0.747. The Bertz CT molecular complexity index is 504. The number of hydrogen-bond acceptors (Lipinski definition) is 3. The second-order valence-electron chi connectivity index (χ2n) is 7.71. The number of nitrogens with zero attached hydrogens (tertiary/aromatic N) is 1. The molecule has 0 saturated carbocycles. The van der Waals surface area contributed by atoms with Gasteiger partial charge < -0.3 is 15.0 Å². The molecule has 0 radical (unpaired) electrons. The van der Waals surface area contributed by atoms with Gasteiger partial charge in [0.05, 0.1) is 0 Å². The van der Waals surface area contributed by atoms with E-state index in [0.29, 0.717) is 12.1 Å². The molecule has 1 aliphatic heterocycles. The summed E-state index contributed by atoms with van der Waals surface area (Å²) in [6.07, 6.45) is 4.66. The molecule has 1 aromatic rings. The molecule has 1 fully saturated rings. The van der Waals surface area contributed by atoms with E-state index in [-0.39, 0.29) is 6.09 Å². The van der Waals surface area contributed by atoms with Gasteiger partial charge in [0.2, 0.25) is 0 Å². The summed E-state index contributed by atoms with van der Waals surface area (Å²) in [7, 11) is 0. The fraction of sp³-hybridized carbons (Fsp3) is 0.650. The van der Waals surface area contributed by atoms with Gasteiger partial charge in [0.15, 0.2) is 0 Å². The molecule has 1 unspecified atom stereocenters. The lowest BCUT2D eigenvalue weighted by molar-refractivity contribution is 0.00399. The van der Waals surface area contributed by atoms with Crippen LogP contribution in [0.15, 0.2) is 30.3 Å². The molecule has 1 heterocycles. The third-order valence-corrected chi connectivity index (χ3v) is 4.27. The Balaban J connectivity index is 1.84. The van der Waals surface area contributed by atoms with Gasteiger partial charge in [-0.1, -0.05) is 56.5 Å². The Hall–Kier alpha value is -1.55. The topological polar surface area (TPSA) is 41.6 Å². The van der Waals surface area contributed by atoms with Crippen molar-refractivity contribution >= 4 is 6.09 Å². The molecule has 134 valence electrons. The number of likely N-dealkylation sites (tertiary alicyclic amines) is 1. The molecule has 1 aromatic carbocycles. The molecule has 1 atom stereocenters. The number of amides is 1. The summed E-state index contributed by atoms with van der Waals surface area (Å²) in [4.78, 5) is 13.8. The molecule has 0 aliphatic carbocycles. The molecule has 24 heavy (non-hydrogen) atoms. The molecular formula is C20H32N2O2. The average Bonchev–Trinajstić information content (AvgIpc) is 2.47. The van der Waals surface area contributed by atoms with Gasteiger partial charge in [0.1, 0.15) is 5.60 Å². The van der Waals surface area contributed by atoms with Crippen molar-refractivity contribution < 1.29 is 9.53 Å². The van der Waals surface area contributed by atoms with E-state index in [9.17, 15) is 4.79 Å². The monoisotopic (exact) mass is 332 g/mol. The smallest absolute Gasteiger partial charge is 0.410 e. The highest BCUT2D eigenvalue weighted by molar-refractivity contribution is 5.69. The van der Waals surface area contributed by atoms with Crippen LogP contribution >= 0.6 is 0 Å². The highest BCUT2D eigenvalue weighted by Gasteiger charge is 2.34. The minimum absolute atomic E-state index is 0.206. The van der Waals surface area contributed by atoms with E-state index in [2.05, 4.69) is 42.6 Å². The van der Waals surface area contributed by atoms with Gasteiger partial charge in [-0.05, 0) is 32.8 Å². The van der Waals surface area contributed by atoms with Crippen LogP contribution in [0.2, 0.25) is 0 Å². The molecule has 0 aromatic heterocycles. The van der Waals surface area contributed by atoms with Crippen LogP contribution in [0.5, 0.6) is 0 Å². The third-order valence-electron chi connectivity index (χ3n) is 4.27. The highest BCUT2D eigenvalue weighted by atomic mass is 16.6. The van der Waals surface area contributed by atoms with Crippen LogP contribution < -0.4 is 5.32 Å². The Morgan fingerprint density at radius 1 is 1.25 bits per heavy atom. The standard InChI is InChI=1S/C20H32N2O2/c1-5-6-8-13-18(16-11-9-7-10-12-16)21-17-14-22(15-17)19(23)24-20(2,3)4/h7,9-12,17-18,21H,5-6,8,13-15H2,1-4H3. The van der Waals surface area contributed by atoms with Crippen LogP contribution in [-0.2, 0) is 4.74 Å². The number of unbranched alkanes of at least 4 members (excludes halogenated alkanes) is 2. The number of carbonyl (C=O) groups excluding carboxylic acids is 1. The van der Waals surface area contributed by atoms with E-state index < -0.39 is 5.60 Å². The first-order valence-corrected chi connectivity index (χ1v) is 9.18. The Kier molecular flexibility index (Phi) is 6.67. The lowest BCUT2D eigenvalue weighted by Gasteiger charge is -2.42. The minimum atomic E-state index is -0.428. The van der Waals surface area contributed by atoms with Crippen molar-refractivity contribution in [3.8, 4) is 0 Å². The van der Waals surface area contributed by atoms with Crippen LogP contribution in [0.1, 0.15) is 65.0 Å². The second-order valence-corrected chi connectivity index (χ2v) is 7.71. The predicted molar refractivity (Wildman–Crippen MR) is 98.1 cm³/mol. The Labute approximate surface area is 146 Å². The predicted octanol–water partition coefficient (Wildman–Crippen LogP) is 4.52. The fourth-order valence-corrected chi connectivity index (χ4v) is 2.97. The zero-order chi connectivity index (χ0) is 17.6. The van der Waals surface area contributed by atoms with Crippen LogP contribution in [0, 0.1) is 0 Å². The van der Waals surface area contributed by atoms with Crippen LogP contribution in [0.25, 0.3) is 0 Å². The molecular weight excluding hydrogens is 300 g/mol. The summed E-state index contributed by atoms with van der Waals surface area (Å²) in [5, 5.41) is 3.73. The van der Waals surface area contributed by atoms with Gasteiger partial charge in [-0.25, -0.2) is 4.79 Å². The van der Waals surface area contributed by atoms with Crippen LogP contribution in [0.4, 0.5) is 4.79 Å².